The second-order valence-corrected chi connectivity index (χ2v) is 4.34. The second kappa shape index (κ2) is 4.25. The van der Waals surface area contributed by atoms with E-state index in [-0.39, 0.29) is 5.82 Å². The summed E-state index contributed by atoms with van der Waals surface area (Å²) in [7, 11) is 1.76. The lowest BCUT2D eigenvalue weighted by molar-refractivity contribution is 0.0562. The molecule has 0 aliphatic heterocycles. The van der Waals surface area contributed by atoms with Crippen molar-refractivity contribution in [2.24, 2.45) is 7.05 Å². The van der Waals surface area contributed by atoms with Gasteiger partial charge < -0.3 is 5.11 Å². The van der Waals surface area contributed by atoms with Gasteiger partial charge in [0, 0.05) is 19.7 Å². The molecule has 0 saturated carbocycles. The quantitative estimate of drug-likeness (QED) is 0.875. The average Bonchev–Trinajstić information content (AvgIpc) is 2.63. The zero-order chi connectivity index (χ0) is 12.5. The van der Waals surface area contributed by atoms with Crippen molar-refractivity contribution in [2.75, 3.05) is 0 Å². The molecule has 1 aromatic heterocycles. The molecule has 0 amide bonds. The minimum atomic E-state index is -1.15. The number of hydrogen-bond donors (Lipinski definition) is 1. The fourth-order valence-corrected chi connectivity index (χ4v) is 1.75. The van der Waals surface area contributed by atoms with Crippen LogP contribution in [0.4, 0.5) is 4.39 Å². The molecule has 17 heavy (non-hydrogen) atoms. The fraction of sp³-hybridized carbons (Fsp3) is 0.333. The molecule has 0 aliphatic rings. The lowest BCUT2D eigenvalue weighted by atomic mass is 9.91. The van der Waals surface area contributed by atoms with Crippen LogP contribution in [-0.2, 0) is 19.1 Å². The fourth-order valence-electron chi connectivity index (χ4n) is 1.75. The van der Waals surface area contributed by atoms with Crippen molar-refractivity contribution >= 4 is 0 Å². The molecule has 0 saturated heterocycles. The number of aromatic nitrogens is 3. The zero-order valence-corrected chi connectivity index (χ0v) is 9.76. The van der Waals surface area contributed by atoms with E-state index in [0.29, 0.717) is 17.7 Å². The van der Waals surface area contributed by atoms with Gasteiger partial charge in [-0.25, -0.2) is 4.39 Å². The maximum absolute atomic E-state index is 13.1. The van der Waals surface area contributed by atoms with Gasteiger partial charge in [0.25, 0.3) is 0 Å². The van der Waals surface area contributed by atoms with E-state index in [0.717, 1.165) is 0 Å². The van der Waals surface area contributed by atoms with Crippen LogP contribution in [0.15, 0.2) is 30.5 Å². The van der Waals surface area contributed by atoms with Crippen LogP contribution in [0.5, 0.6) is 0 Å². The topological polar surface area (TPSA) is 50.9 Å². The summed E-state index contributed by atoms with van der Waals surface area (Å²) < 4.78 is 14.7. The molecule has 0 bridgehead atoms. The first-order valence-electron chi connectivity index (χ1n) is 5.31. The third-order valence-corrected chi connectivity index (χ3v) is 2.62. The van der Waals surface area contributed by atoms with Crippen LogP contribution < -0.4 is 0 Å². The summed E-state index contributed by atoms with van der Waals surface area (Å²) in [6.07, 6.45) is 2.03. The van der Waals surface area contributed by atoms with Crippen LogP contribution in [0.3, 0.4) is 0 Å². The van der Waals surface area contributed by atoms with Gasteiger partial charge in [0.15, 0.2) is 0 Å². The van der Waals surface area contributed by atoms with Gasteiger partial charge >= 0.3 is 0 Å². The molecule has 0 radical (unpaired) electrons. The molecule has 1 heterocycles. The summed E-state index contributed by atoms with van der Waals surface area (Å²) in [4.78, 5) is 0. The van der Waals surface area contributed by atoms with E-state index in [2.05, 4.69) is 10.3 Å². The number of benzene rings is 1. The number of aliphatic hydroxyl groups is 1. The SMILES string of the molecule is Cn1cc(CC(C)(O)c2cccc(F)c2)nn1. The third kappa shape index (κ3) is 2.68. The molecule has 90 valence electrons. The van der Waals surface area contributed by atoms with Crippen LogP contribution in [0.1, 0.15) is 18.2 Å². The predicted octanol–water partition coefficient (Wildman–Crippen LogP) is 1.40. The van der Waals surface area contributed by atoms with Gasteiger partial charge in [-0.3, -0.25) is 4.68 Å². The van der Waals surface area contributed by atoms with Gasteiger partial charge in [0.05, 0.1) is 11.3 Å². The Bertz CT molecular complexity index is 522. The summed E-state index contributed by atoms with van der Waals surface area (Å²) in [6.45, 7) is 1.64. The lowest BCUT2D eigenvalue weighted by Crippen LogP contribution is -2.24. The Kier molecular flexibility index (Phi) is 2.93. The monoisotopic (exact) mass is 235 g/mol. The molecule has 1 N–H and O–H groups in total. The Morgan fingerprint density at radius 3 is 2.82 bits per heavy atom. The molecule has 1 unspecified atom stereocenters. The molecule has 0 fully saturated rings. The Labute approximate surface area is 98.7 Å². The van der Waals surface area contributed by atoms with Crippen LogP contribution in [0.2, 0.25) is 0 Å². The highest BCUT2D eigenvalue weighted by Gasteiger charge is 2.25. The summed E-state index contributed by atoms with van der Waals surface area (Å²) in [5.41, 5.74) is 0.0444. The molecular weight excluding hydrogens is 221 g/mol. The first-order chi connectivity index (χ1) is 7.97. The van der Waals surface area contributed by atoms with Gasteiger partial charge in [-0.1, -0.05) is 17.3 Å². The van der Waals surface area contributed by atoms with Crippen molar-refractivity contribution in [1.82, 2.24) is 15.0 Å². The largest absolute Gasteiger partial charge is 0.385 e. The van der Waals surface area contributed by atoms with E-state index in [1.165, 1.54) is 12.1 Å². The van der Waals surface area contributed by atoms with E-state index in [1.807, 2.05) is 0 Å². The van der Waals surface area contributed by atoms with E-state index in [1.54, 1.807) is 37.0 Å². The third-order valence-electron chi connectivity index (χ3n) is 2.62. The maximum Gasteiger partial charge on any atom is 0.123 e. The highest BCUT2D eigenvalue weighted by atomic mass is 19.1. The molecule has 2 rings (SSSR count). The zero-order valence-electron chi connectivity index (χ0n) is 9.76. The molecule has 4 nitrogen and oxygen atoms in total. The van der Waals surface area contributed by atoms with Crippen molar-refractivity contribution in [3.63, 3.8) is 0 Å². The van der Waals surface area contributed by atoms with Gasteiger partial charge in [-0.2, -0.15) is 0 Å². The highest BCUT2D eigenvalue weighted by molar-refractivity contribution is 5.24. The lowest BCUT2D eigenvalue weighted by Gasteiger charge is -2.22. The molecular formula is C12H14FN3O. The minimum Gasteiger partial charge on any atom is -0.385 e. The first kappa shape index (κ1) is 11.7. The summed E-state index contributed by atoms with van der Waals surface area (Å²) in [6, 6.07) is 5.95. The Morgan fingerprint density at radius 2 is 2.24 bits per heavy atom. The predicted molar refractivity (Wildman–Crippen MR) is 60.7 cm³/mol. The van der Waals surface area contributed by atoms with Crippen LogP contribution in [0.25, 0.3) is 0 Å². The van der Waals surface area contributed by atoms with E-state index >= 15 is 0 Å². The van der Waals surface area contributed by atoms with E-state index < -0.39 is 5.60 Å². The van der Waals surface area contributed by atoms with Crippen LogP contribution >= 0.6 is 0 Å². The van der Waals surface area contributed by atoms with Crippen molar-refractivity contribution in [3.05, 3.63) is 47.5 Å². The normalized spacial score (nSPS) is 14.6. The Balaban J connectivity index is 2.24. The molecule has 5 heteroatoms. The molecule has 2 aromatic rings. The molecule has 0 spiro atoms. The van der Waals surface area contributed by atoms with E-state index in [4.69, 9.17) is 0 Å². The van der Waals surface area contributed by atoms with Crippen molar-refractivity contribution in [3.8, 4) is 0 Å². The van der Waals surface area contributed by atoms with Gasteiger partial charge in [-0.15, -0.1) is 5.10 Å². The summed E-state index contributed by atoms with van der Waals surface area (Å²) >= 11 is 0. The molecule has 1 atom stereocenters. The minimum absolute atomic E-state index is 0.296. The summed E-state index contributed by atoms with van der Waals surface area (Å²) in [5, 5.41) is 18.0. The van der Waals surface area contributed by atoms with Crippen LogP contribution in [0, 0.1) is 5.82 Å². The van der Waals surface area contributed by atoms with Crippen LogP contribution in [-0.4, -0.2) is 20.1 Å². The number of rotatable bonds is 3. The highest BCUT2D eigenvalue weighted by Crippen LogP contribution is 2.24. The number of hydrogen-bond acceptors (Lipinski definition) is 3. The Morgan fingerprint density at radius 1 is 1.47 bits per heavy atom. The van der Waals surface area contributed by atoms with Crippen molar-refractivity contribution in [1.29, 1.82) is 0 Å². The summed E-state index contributed by atoms with van der Waals surface area (Å²) in [5.74, 6) is -0.359. The van der Waals surface area contributed by atoms with E-state index in [9.17, 15) is 9.50 Å². The molecule has 1 aromatic carbocycles. The van der Waals surface area contributed by atoms with Gasteiger partial charge in [0.2, 0.25) is 0 Å². The standard InChI is InChI=1S/C12H14FN3O/c1-12(17,7-11-8-16(2)15-14-11)9-4-3-5-10(13)6-9/h3-6,8,17H,7H2,1-2H3. The number of aryl methyl sites for hydroxylation is 1. The number of nitrogens with zero attached hydrogens (tertiary/aromatic N) is 3. The first-order valence-corrected chi connectivity index (χ1v) is 5.31. The maximum atomic E-state index is 13.1. The Hall–Kier alpha value is -1.75. The smallest absolute Gasteiger partial charge is 0.123 e. The van der Waals surface area contributed by atoms with Crippen molar-refractivity contribution < 1.29 is 9.50 Å². The van der Waals surface area contributed by atoms with Crippen molar-refractivity contribution in [2.45, 2.75) is 18.9 Å². The average molecular weight is 235 g/mol. The number of halogens is 1. The molecule has 0 aliphatic carbocycles. The van der Waals surface area contributed by atoms with Gasteiger partial charge in [-0.05, 0) is 24.6 Å². The second-order valence-electron chi connectivity index (χ2n) is 4.34. The van der Waals surface area contributed by atoms with Gasteiger partial charge in [0.1, 0.15) is 5.82 Å².